The lowest BCUT2D eigenvalue weighted by Gasteiger charge is -2.15. The number of carboxylic acid groups (broad SMARTS) is 1. The number of benzene rings is 2. The molecule has 0 heterocycles. The highest BCUT2D eigenvalue weighted by atomic mass is 32.2. The van der Waals surface area contributed by atoms with Crippen LogP contribution in [0.1, 0.15) is 57.6 Å². The number of rotatable bonds is 18. The molecule has 0 saturated heterocycles. The van der Waals surface area contributed by atoms with E-state index in [9.17, 15) is 18.3 Å². The van der Waals surface area contributed by atoms with Gasteiger partial charge < -0.3 is 28.2 Å². The Morgan fingerprint density at radius 2 is 1.66 bits per heavy atom. The average molecular weight is 551 g/mol. The van der Waals surface area contributed by atoms with Gasteiger partial charge in [-0.1, -0.05) is 38.8 Å². The molecule has 10 heteroatoms. The van der Waals surface area contributed by atoms with Gasteiger partial charge in [-0.05, 0) is 55.2 Å². The second-order valence-electron chi connectivity index (χ2n) is 8.43. The Morgan fingerprint density at radius 1 is 0.921 bits per heavy atom. The largest absolute Gasteiger partial charge is 0.496 e. The molecular formula is C28H38O9S. The molecule has 210 valence electrons. The Hall–Kier alpha value is -3.40. The first-order valence-electron chi connectivity index (χ1n) is 12.8. The van der Waals surface area contributed by atoms with Gasteiger partial charge in [0.05, 0.1) is 32.7 Å². The SMILES string of the molecule is CCCCOc1cc(/C=C(\OCC)C(=O)O)ccc1OCCc1ccc(OS(=O)(=O)CCCC)cc1OC. The van der Waals surface area contributed by atoms with Crippen LogP contribution in [0.2, 0.25) is 0 Å². The topological polar surface area (TPSA) is 118 Å². The van der Waals surface area contributed by atoms with Gasteiger partial charge in [-0.2, -0.15) is 8.42 Å². The summed E-state index contributed by atoms with van der Waals surface area (Å²) in [5.41, 5.74) is 1.43. The van der Waals surface area contributed by atoms with Crippen LogP contribution < -0.4 is 18.4 Å². The van der Waals surface area contributed by atoms with Gasteiger partial charge in [0, 0.05) is 12.5 Å². The summed E-state index contributed by atoms with van der Waals surface area (Å²) < 4.78 is 52.0. The highest BCUT2D eigenvalue weighted by Gasteiger charge is 2.15. The van der Waals surface area contributed by atoms with Crippen molar-refractivity contribution in [1.82, 2.24) is 0 Å². The van der Waals surface area contributed by atoms with Crippen LogP contribution in [0.15, 0.2) is 42.2 Å². The molecule has 1 N–H and O–H groups in total. The van der Waals surface area contributed by atoms with Gasteiger partial charge in [-0.25, -0.2) is 4.79 Å². The number of hydrogen-bond acceptors (Lipinski definition) is 8. The molecule has 0 saturated carbocycles. The third kappa shape index (κ3) is 10.2. The molecule has 0 bridgehead atoms. The monoisotopic (exact) mass is 550 g/mol. The summed E-state index contributed by atoms with van der Waals surface area (Å²) in [6, 6.07) is 10.1. The van der Waals surface area contributed by atoms with E-state index in [-0.39, 0.29) is 23.9 Å². The summed E-state index contributed by atoms with van der Waals surface area (Å²) >= 11 is 0. The van der Waals surface area contributed by atoms with E-state index < -0.39 is 16.1 Å². The van der Waals surface area contributed by atoms with Crippen molar-refractivity contribution in [2.75, 3.05) is 32.7 Å². The van der Waals surface area contributed by atoms with Crippen molar-refractivity contribution in [3.05, 3.63) is 53.3 Å². The number of aliphatic carboxylic acids is 1. The third-order valence-electron chi connectivity index (χ3n) is 5.39. The van der Waals surface area contributed by atoms with Crippen LogP contribution >= 0.6 is 0 Å². The maximum Gasteiger partial charge on any atom is 0.371 e. The minimum absolute atomic E-state index is 0.0398. The van der Waals surface area contributed by atoms with Gasteiger partial charge in [0.15, 0.2) is 11.5 Å². The van der Waals surface area contributed by atoms with Crippen LogP contribution in [-0.2, 0) is 26.1 Å². The Morgan fingerprint density at radius 3 is 2.32 bits per heavy atom. The highest BCUT2D eigenvalue weighted by Crippen LogP contribution is 2.31. The zero-order valence-corrected chi connectivity index (χ0v) is 23.3. The fourth-order valence-electron chi connectivity index (χ4n) is 3.41. The second kappa shape index (κ2) is 15.8. The summed E-state index contributed by atoms with van der Waals surface area (Å²) in [5.74, 6) is 0.373. The quantitative estimate of drug-likeness (QED) is 0.112. The minimum atomic E-state index is -3.66. The smallest absolute Gasteiger partial charge is 0.371 e. The number of unbranched alkanes of at least 4 members (excludes halogenated alkanes) is 2. The van der Waals surface area contributed by atoms with Crippen molar-refractivity contribution >= 4 is 22.2 Å². The van der Waals surface area contributed by atoms with E-state index >= 15 is 0 Å². The molecule has 0 fully saturated rings. The van der Waals surface area contributed by atoms with E-state index in [0.29, 0.717) is 48.9 Å². The fraction of sp³-hybridized carbons (Fsp3) is 0.464. The predicted octanol–water partition coefficient (Wildman–Crippen LogP) is 5.47. The fourth-order valence-corrected chi connectivity index (χ4v) is 4.53. The zero-order chi connectivity index (χ0) is 28.0. The number of carbonyl (C=O) groups is 1. The lowest BCUT2D eigenvalue weighted by atomic mass is 10.1. The van der Waals surface area contributed by atoms with Crippen molar-refractivity contribution in [2.45, 2.75) is 52.9 Å². The molecule has 0 aliphatic heterocycles. The maximum absolute atomic E-state index is 12.1. The summed E-state index contributed by atoms with van der Waals surface area (Å²) in [5, 5.41) is 9.34. The van der Waals surface area contributed by atoms with Crippen molar-refractivity contribution in [2.24, 2.45) is 0 Å². The Balaban J connectivity index is 2.15. The summed E-state index contributed by atoms with van der Waals surface area (Å²) in [4.78, 5) is 11.4. The molecule has 0 radical (unpaired) electrons. The van der Waals surface area contributed by atoms with Crippen LogP contribution in [0.5, 0.6) is 23.0 Å². The second-order valence-corrected chi connectivity index (χ2v) is 10.1. The molecule has 38 heavy (non-hydrogen) atoms. The molecule has 0 unspecified atom stereocenters. The van der Waals surface area contributed by atoms with Crippen molar-refractivity contribution in [3.63, 3.8) is 0 Å². The average Bonchev–Trinajstić information content (AvgIpc) is 2.88. The van der Waals surface area contributed by atoms with Gasteiger partial charge >= 0.3 is 16.1 Å². The molecule has 0 aliphatic rings. The molecular weight excluding hydrogens is 512 g/mol. The van der Waals surface area contributed by atoms with Gasteiger partial charge in [0.1, 0.15) is 11.5 Å². The van der Waals surface area contributed by atoms with Crippen molar-refractivity contribution < 1.29 is 41.4 Å². The molecule has 0 atom stereocenters. The van der Waals surface area contributed by atoms with Crippen LogP contribution in [0.3, 0.4) is 0 Å². The first kappa shape index (κ1) is 30.8. The van der Waals surface area contributed by atoms with Gasteiger partial charge in [-0.3, -0.25) is 0 Å². The standard InChI is InChI=1S/C28H38O9S/c1-5-8-15-35-26-18-21(19-27(28(29)30)34-7-3)10-13-24(26)36-16-14-22-11-12-23(20-25(22)33-4)37-38(31,32)17-9-6-2/h10-13,18-20H,5-9,14-17H2,1-4H3,(H,29,30)/b27-19-. The predicted molar refractivity (Wildman–Crippen MR) is 146 cm³/mol. The molecule has 9 nitrogen and oxygen atoms in total. The van der Waals surface area contributed by atoms with E-state index in [1.807, 2.05) is 6.92 Å². The van der Waals surface area contributed by atoms with E-state index in [4.69, 9.17) is 23.1 Å². The van der Waals surface area contributed by atoms with Crippen molar-refractivity contribution in [1.29, 1.82) is 0 Å². The molecule has 2 aromatic carbocycles. The normalized spacial score (nSPS) is 11.6. The van der Waals surface area contributed by atoms with Gasteiger partial charge in [0.2, 0.25) is 5.76 Å². The van der Waals surface area contributed by atoms with Crippen LogP contribution in [-0.4, -0.2) is 52.2 Å². The minimum Gasteiger partial charge on any atom is -0.496 e. The van der Waals surface area contributed by atoms with Gasteiger partial charge in [-0.15, -0.1) is 0 Å². The van der Waals surface area contributed by atoms with Crippen LogP contribution in [0.4, 0.5) is 0 Å². The van der Waals surface area contributed by atoms with E-state index in [0.717, 1.165) is 24.8 Å². The summed E-state index contributed by atoms with van der Waals surface area (Å²) in [6.45, 7) is 6.73. The van der Waals surface area contributed by atoms with Crippen LogP contribution in [0.25, 0.3) is 6.08 Å². The van der Waals surface area contributed by atoms with E-state index in [2.05, 4.69) is 6.92 Å². The number of carboxylic acids is 1. The van der Waals surface area contributed by atoms with Crippen LogP contribution in [0, 0.1) is 0 Å². The summed E-state index contributed by atoms with van der Waals surface area (Å²) in [7, 11) is -2.15. The number of ether oxygens (including phenoxy) is 4. The first-order valence-corrected chi connectivity index (χ1v) is 14.4. The Kier molecular flexibility index (Phi) is 12.8. The van der Waals surface area contributed by atoms with E-state index in [1.165, 1.54) is 13.2 Å². The molecule has 0 spiro atoms. The zero-order valence-electron chi connectivity index (χ0n) is 22.5. The molecule has 0 aliphatic carbocycles. The summed E-state index contributed by atoms with van der Waals surface area (Å²) in [6.07, 6.45) is 5.03. The maximum atomic E-state index is 12.1. The Bertz CT molecular complexity index is 1170. The number of hydrogen-bond donors (Lipinski definition) is 1. The molecule has 0 amide bonds. The van der Waals surface area contributed by atoms with Gasteiger partial charge in [0.25, 0.3) is 0 Å². The lowest BCUT2D eigenvalue weighted by Crippen LogP contribution is -2.13. The van der Waals surface area contributed by atoms with E-state index in [1.54, 1.807) is 43.3 Å². The third-order valence-corrected chi connectivity index (χ3v) is 6.63. The molecule has 2 aromatic rings. The van der Waals surface area contributed by atoms with Crippen molar-refractivity contribution in [3.8, 4) is 23.0 Å². The molecule has 2 rings (SSSR count). The number of methoxy groups -OCH3 is 1. The molecule has 0 aromatic heterocycles. The first-order chi connectivity index (χ1) is 18.2. The Labute approximate surface area is 225 Å². The highest BCUT2D eigenvalue weighted by molar-refractivity contribution is 7.87. The lowest BCUT2D eigenvalue weighted by molar-refractivity contribution is -0.136.